The summed E-state index contributed by atoms with van der Waals surface area (Å²) in [4.78, 5) is 10.3. The van der Waals surface area contributed by atoms with Gasteiger partial charge in [0.25, 0.3) is 0 Å². The first-order chi connectivity index (χ1) is 7.19. The Morgan fingerprint density at radius 1 is 1.33 bits per heavy atom. The maximum absolute atomic E-state index is 13.2. The molecule has 2 N–H and O–H groups in total. The molecule has 0 fully saturated rings. The third-order valence-electron chi connectivity index (χ3n) is 1.71. The lowest BCUT2D eigenvalue weighted by molar-refractivity contribution is 0.111. The van der Waals surface area contributed by atoms with Crippen LogP contribution in [0.1, 0.15) is 22.3 Å². The maximum atomic E-state index is 13.2. The van der Waals surface area contributed by atoms with Crippen LogP contribution in [0.2, 0.25) is 0 Å². The first-order valence-corrected chi connectivity index (χ1v) is 4.32. The molecule has 0 radical (unpaired) electrons. The molecule has 0 unspecified atom stereocenters. The second-order valence-corrected chi connectivity index (χ2v) is 2.81. The Hall–Kier alpha value is -1.73. The van der Waals surface area contributed by atoms with Gasteiger partial charge in [0, 0.05) is 13.0 Å². The highest BCUT2D eigenvalue weighted by molar-refractivity contribution is 5.75. The molecular formula is C11H9F2NO. The van der Waals surface area contributed by atoms with E-state index in [0.29, 0.717) is 13.0 Å². The monoisotopic (exact) mass is 209 g/mol. The van der Waals surface area contributed by atoms with E-state index >= 15 is 0 Å². The van der Waals surface area contributed by atoms with Crippen LogP contribution in [0.25, 0.3) is 0 Å². The van der Waals surface area contributed by atoms with Crippen molar-refractivity contribution in [2.75, 3.05) is 6.54 Å². The number of aldehydes is 1. The van der Waals surface area contributed by atoms with Crippen molar-refractivity contribution in [1.82, 2.24) is 0 Å². The van der Waals surface area contributed by atoms with E-state index in [0.717, 1.165) is 12.1 Å². The van der Waals surface area contributed by atoms with Gasteiger partial charge in [0.2, 0.25) is 0 Å². The zero-order chi connectivity index (χ0) is 11.3. The summed E-state index contributed by atoms with van der Waals surface area (Å²) < 4.78 is 26.2. The van der Waals surface area contributed by atoms with E-state index in [-0.39, 0.29) is 17.4 Å². The fourth-order valence-electron chi connectivity index (χ4n) is 0.978. The smallest absolute Gasteiger partial charge is 0.153 e. The summed E-state index contributed by atoms with van der Waals surface area (Å²) in [6, 6.07) is 1.73. The molecule has 0 aliphatic heterocycles. The third kappa shape index (κ3) is 2.86. The average molecular weight is 209 g/mol. The van der Waals surface area contributed by atoms with E-state index in [1.54, 1.807) is 0 Å². The van der Waals surface area contributed by atoms with Gasteiger partial charge in [0.05, 0.1) is 11.1 Å². The molecule has 0 amide bonds. The predicted molar refractivity (Wildman–Crippen MR) is 52.3 cm³/mol. The summed E-state index contributed by atoms with van der Waals surface area (Å²) in [5.41, 5.74) is 4.82. The summed E-state index contributed by atoms with van der Waals surface area (Å²) in [5.74, 6) is 3.55. The fraction of sp³-hybridized carbons (Fsp3) is 0.182. The van der Waals surface area contributed by atoms with Crippen LogP contribution in [0, 0.1) is 23.5 Å². The molecule has 0 aliphatic rings. The summed E-state index contributed by atoms with van der Waals surface area (Å²) in [7, 11) is 0. The standard InChI is InChI=1S/C11H9F2NO/c12-10-6-9(7-15)11(13)5-8(10)3-1-2-4-14/h5-7H,2,4,14H2. The SMILES string of the molecule is NCCC#Cc1cc(F)c(C=O)cc1F. The van der Waals surface area contributed by atoms with Crippen LogP contribution >= 0.6 is 0 Å². The Balaban J connectivity index is 3.07. The molecule has 0 atom stereocenters. The average Bonchev–Trinajstić information content (AvgIpc) is 2.23. The zero-order valence-corrected chi connectivity index (χ0v) is 7.89. The molecule has 2 nitrogen and oxygen atoms in total. The van der Waals surface area contributed by atoms with Gasteiger partial charge in [-0.25, -0.2) is 8.78 Å². The Kier molecular flexibility index (Phi) is 3.95. The highest BCUT2D eigenvalue weighted by Gasteiger charge is 2.07. The fourth-order valence-corrected chi connectivity index (χ4v) is 0.978. The molecule has 0 bridgehead atoms. The quantitative estimate of drug-likeness (QED) is 0.592. The first-order valence-electron chi connectivity index (χ1n) is 4.32. The molecule has 1 rings (SSSR count). The number of hydrogen-bond acceptors (Lipinski definition) is 2. The van der Waals surface area contributed by atoms with Gasteiger partial charge >= 0.3 is 0 Å². The summed E-state index contributed by atoms with van der Waals surface area (Å²) in [5, 5.41) is 0. The van der Waals surface area contributed by atoms with Gasteiger partial charge in [-0.05, 0) is 12.1 Å². The molecule has 4 heteroatoms. The number of rotatable bonds is 2. The second-order valence-electron chi connectivity index (χ2n) is 2.81. The number of benzene rings is 1. The normalized spacial score (nSPS) is 9.27. The minimum absolute atomic E-state index is 0.0634. The van der Waals surface area contributed by atoms with Crippen LogP contribution in [0.4, 0.5) is 8.78 Å². The van der Waals surface area contributed by atoms with Crippen LogP contribution in [0.5, 0.6) is 0 Å². The van der Waals surface area contributed by atoms with E-state index in [1.807, 2.05) is 0 Å². The van der Waals surface area contributed by atoms with Gasteiger partial charge in [-0.2, -0.15) is 0 Å². The van der Waals surface area contributed by atoms with Gasteiger partial charge < -0.3 is 5.73 Å². The first kappa shape index (κ1) is 11.3. The van der Waals surface area contributed by atoms with Crippen LogP contribution in [-0.2, 0) is 0 Å². The van der Waals surface area contributed by atoms with E-state index < -0.39 is 11.6 Å². The van der Waals surface area contributed by atoms with E-state index in [2.05, 4.69) is 11.8 Å². The van der Waals surface area contributed by atoms with Crippen molar-refractivity contribution in [1.29, 1.82) is 0 Å². The number of nitrogens with two attached hydrogens (primary N) is 1. The van der Waals surface area contributed by atoms with Crippen molar-refractivity contribution in [3.05, 3.63) is 34.9 Å². The van der Waals surface area contributed by atoms with Crippen molar-refractivity contribution in [2.45, 2.75) is 6.42 Å². The molecule has 0 aromatic heterocycles. The zero-order valence-electron chi connectivity index (χ0n) is 7.89. The van der Waals surface area contributed by atoms with E-state index in [4.69, 9.17) is 5.73 Å². The Morgan fingerprint density at radius 3 is 2.67 bits per heavy atom. The molecule has 0 saturated carbocycles. The summed E-state index contributed by atoms with van der Waals surface area (Å²) in [6.45, 7) is 0.365. The van der Waals surface area contributed by atoms with Crippen molar-refractivity contribution in [3.63, 3.8) is 0 Å². The molecule has 15 heavy (non-hydrogen) atoms. The highest BCUT2D eigenvalue weighted by atomic mass is 19.1. The van der Waals surface area contributed by atoms with Crippen molar-refractivity contribution in [2.24, 2.45) is 5.73 Å². The van der Waals surface area contributed by atoms with Gasteiger partial charge in [-0.1, -0.05) is 11.8 Å². The lowest BCUT2D eigenvalue weighted by Crippen LogP contribution is -1.96. The highest BCUT2D eigenvalue weighted by Crippen LogP contribution is 2.12. The molecular weight excluding hydrogens is 200 g/mol. The predicted octanol–water partition coefficient (Wildman–Crippen LogP) is 1.48. The minimum Gasteiger partial charge on any atom is -0.330 e. The maximum Gasteiger partial charge on any atom is 0.153 e. The summed E-state index contributed by atoms with van der Waals surface area (Å²) >= 11 is 0. The number of carbonyl (C=O) groups is 1. The van der Waals surface area contributed by atoms with Crippen molar-refractivity contribution < 1.29 is 13.6 Å². The molecule has 0 aliphatic carbocycles. The Bertz CT molecular complexity index is 432. The van der Waals surface area contributed by atoms with Crippen molar-refractivity contribution >= 4 is 6.29 Å². The summed E-state index contributed by atoms with van der Waals surface area (Å²) in [6.07, 6.45) is 0.673. The number of hydrogen-bond donors (Lipinski definition) is 1. The van der Waals surface area contributed by atoms with E-state index in [9.17, 15) is 13.6 Å². The Morgan fingerprint density at radius 2 is 2.07 bits per heavy atom. The minimum atomic E-state index is -0.775. The molecule has 0 heterocycles. The molecule has 1 aromatic carbocycles. The van der Waals surface area contributed by atoms with Gasteiger partial charge in [-0.15, -0.1) is 0 Å². The van der Waals surface area contributed by atoms with Crippen LogP contribution < -0.4 is 5.73 Å². The lowest BCUT2D eigenvalue weighted by atomic mass is 10.1. The largest absolute Gasteiger partial charge is 0.330 e. The van der Waals surface area contributed by atoms with Gasteiger partial charge in [0.15, 0.2) is 6.29 Å². The molecule has 0 saturated heterocycles. The lowest BCUT2D eigenvalue weighted by Gasteiger charge is -1.97. The third-order valence-corrected chi connectivity index (χ3v) is 1.71. The topological polar surface area (TPSA) is 43.1 Å². The van der Waals surface area contributed by atoms with Gasteiger partial charge in [0.1, 0.15) is 11.6 Å². The Labute approximate surface area is 86.1 Å². The number of halogens is 2. The number of carbonyl (C=O) groups excluding carboxylic acids is 1. The molecule has 1 aromatic rings. The molecule has 0 spiro atoms. The van der Waals surface area contributed by atoms with Crippen LogP contribution in [0.15, 0.2) is 12.1 Å². The van der Waals surface area contributed by atoms with Gasteiger partial charge in [-0.3, -0.25) is 4.79 Å². The molecule has 78 valence electrons. The second kappa shape index (κ2) is 5.23. The van der Waals surface area contributed by atoms with Crippen molar-refractivity contribution in [3.8, 4) is 11.8 Å². The van der Waals surface area contributed by atoms with Crippen LogP contribution in [0.3, 0.4) is 0 Å². The van der Waals surface area contributed by atoms with E-state index in [1.165, 1.54) is 0 Å². The van der Waals surface area contributed by atoms with Crippen LogP contribution in [-0.4, -0.2) is 12.8 Å².